The van der Waals surface area contributed by atoms with Gasteiger partial charge in [0.15, 0.2) is 12.1 Å². The maximum Gasteiger partial charge on any atom is 0.331 e. The predicted molar refractivity (Wildman–Crippen MR) is 93.8 cm³/mol. The number of aliphatic carboxylic acids is 1. The zero-order chi connectivity index (χ0) is 18.6. The highest BCUT2D eigenvalue weighted by molar-refractivity contribution is 5.91. The summed E-state index contributed by atoms with van der Waals surface area (Å²) in [5.74, 6) is -0.312. The highest BCUT2D eigenvalue weighted by atomic mass is 16.5. The van der Waals surface area contributed by atoms with Gasteiger partial charge in [0.25, 0.3) is 5.91 Å². The van der Waals surface area contributed by atoms with Crippen LogP contribution in [0.5, 0.6) is 5.75 Å². The second-order valence-electron chi connectivity index (χ2n) is 6.60. The smallest absolute Gasteiger partial charge is 0.331 e. The van der Waals surface area contributed by atoms with E-state index >= 15 is 0 Å². The second-order valence-corrected chi connectivity index (χ2v) is 6.60. The van der Waals surface area contributed by atoms with Crippen LogP contribution in [0.4, 0.5) is 5.69 Å². The lowest BCUT2D eigenvalue weighted by Crippen LogP contribution is -2.35. The van der Waals surface area contributed by atoms with Crippen LogP contribution in [0.1, 0.15) is 39.2 Å². The number of carbonyl (C=O) groups excluding carboxylic acids is 1. The zero-order valence-electron chi connectivity index (χ0n) is 14.8. The van der Waals surface area contributed by atoms with Crippen molar-refractivity contribution in [1.29, 1.82) is 0 Å². The van der Waals surface area contributed by atoms with Crippen LogP contribution < -0.4 is 10.1 Å². The van der Waals surface area contributed by atoms with Gasteiger partial charge in [-0.2, -0.15) is 5.10 Å². The average Bonchev–Trinajstić information content (AvgIpc) is 3.02. The monoisotopic (exact) mass is 345 g/mol. The summed E-state index contributed by atoms with van der Waals surface area (Å²) in [7, 11) is 0. The van der Waals surface area contributed by atoms with Crippen LogP contribution in [0.15, 0.2) is 36.7 Å². The van der Waals surface area contributed by atoms with E-state index < -0.39 is 11.5 Å². The maximum atomic E-state index is 12.0. The number of hydrogen-bond acceptors (Lipinski definition) is 4. The fourth-order valence-corrected chi connectivity index (χ4v) is 2.09. The summed E-state index contributed by atoms with van der Waals surface area (Å²) >= 11 is 0. The Hall–Kier alpha value is -2.83. The third kappa shape index (κ3) is 4.59. The molecule has 134 valence electrons. The van der Waals surface area contributed by atoms with Crippen molar-refractivity contribution >= 4 is 17.6 Å². The number of hydrogen-bond donors (Lipinski definition) is 2. The average molecular weight is 345 g/mol. The molecule has 7 heteroatoms. The van der Waals surface area contributed by atoms with Crippen molar-refractivity contribution in [2.24, 2.45) is 0 Å². The Bertz CT molecular complexity index is 748. The largest absolute Gasteiger partial charge is 0.484 e. The summed E-state index contributed by atoms with van der Waals surface area (Å²) in [6.07, 6.45) is 2.88. The minimum atomic E-state index is -1.20. The lowest BCUT2D eigenvalue weighted by Gasteiger charge is -2.19. The summed E-state index contributed by atoms with van der Waals surface area (Å²) in [5, 5.41) is 15.8. The van der Waals surface area contributed by atoms with Crippen LogP contribution in [0.3, 0.4) is 0 Å². The molecule has 2 aromatic rings. The summed E-state index contributed by atoms with van der Waals surface area (Å²) in [6, 6.07) is 7.60. The standard InChI is InChI=1S/C18H23N3O4/c1-12(2)13-5-7-15(8-6-13)25-11-16(22)20-14-9-19-21(10-14)18(3,4)17(23)24/h5-10,12H,11H2,1-4H3,(H,20,22)(H,23,24). The molecule has 0 unspecified atom stereocenters. The summed E-state index contributed by atoms with van der Waals surface area (Å²) in [5.41, 5.74) is 0.417. The number of carboxylic acid groups (broad SMARTS) is 1. The van der Waals surface area contributed by atoms with Gasteiger partial charge in [-0.05, 0) is 37.5 Å². The Morgan fingerprint density at radius 2 is 1.92 bits per heavy atom. The Morgan fingerprint density at radius 1 is 1.28 bits per heavy atom. The molecule has 25 heavy (non-hydrogen) atoms. The number of nitrogens with zero attached hydrogens (tertiary/aromatic N) is 2. The van der Waals surface area contributed by atoms with E-state index in [1.54, 1.807) is 0 Å². The molecule has 0 aliphatic carbocycles. The van der Waals surface area contributed by atoms with Crippen LogP contribution in [0.25, 0.3) is 0 Å². The van der Waals surface area contributed by atoms with Gasteiger partial charge < -0.3 is 15.2 Å². The Kier molecular flexibility index (Phi) is 5.46. The van der Waals surface area contributed by atoms with E-state index in [9.17, 15) is 14.7 Å². The number of carbonyl (C=O) groups is 2. The van der Waals surface area contributed by atoms with Crippen LogP contribution in [-0.2, 0) is 15.1 Å². The SMILES string of the molecule is CC(C)c1ccc(OCC(=O)Nc2cnn(C(C)(C)C(=O)O)c2)cc1. The van der Waals surface area contributed by atoms with E-state index in [1.165, 1.54) is 36.5 Å². The molecule has 1 aromatic carbocycles. The Labute approximate surface area is 146 Å². The molecule has 2 N–H and O–H groups in total. The molecule has 2 rings (SSSR count). The summed E-state index contributed by atoms with van der Waals surface area (Å²) in [6.45, 7) is 7.12. The summed E-state index contributed by atoms with van der Waals surface area (Å²) in [4.78, 5) is 23.2. The quantitative estimate of drug-likeness (QED) is 0.805. The van der Waals surface area contributed by atoms with Crippen LogP contribution >= 0.6 is 0 Å². The molecule has 1 heterocycles. The molecule has 0 bridgehead atoms. The minimum Gasteiger partial charge on any atom is -0.484 e. The molecule has 7 nitrogen and oxygen atoms in total. The van der Waals surface area contributed by atoms with Crippen molar-refractivity contribution in [3.8, 4) is 5.75 Å². The van der Waals surface area contributed by atoms with E-state index in [0.29, 0.717) is 17.4 Å². The lowest BCUT2D eigenvalue weighted by atomic mass is 10.0. The number of benzene rings is 1. The number of rotatable bonds is 7. The van der Waals surface area contributed by atoms with Gasteiger partial charge >= 0.3 is 5.97 Å². The Balaban J connectivity index is 1.90. The highest BCUT2D eigenvalue weighted by Gasteiger charge is 2.30. The van der Waals surface area contributed by atoms with E-state index in [4.69, 9.17) is 4.74 Å². The van der Waals surface area contributed by atoms with Crippen molar-refractivity contribution in [2.75, 3.05) is 11.9 Å². The first-order valence-electron chi connectivity index (χ1n) is 8.01. The predicted octanol–water partition coefficient (Wildman–Crippen LogP) is 2.84. The number of ether oxygens (including phenoxy) is 1. The van der Waals surface area contributed by atoms with Gasteiger partial charge in [0, 0.05) is 6.20 Å². The number of aromatic nitrogens is 2. The van der Waals surface area contributed by atoms with Gasteiger partial charge in [-0.15, -0.1) is 0 Å². The van der Waals surface area contributed by atoms with E-state index in [1.807, 2.05) is 24.3 Å². The van der Waals surface area contributed by atoms with Gasteiger partial charge in [0.2, 0.25) is 0 Å². The number of anilines is 1. The fourth-order valence-electron chi connectivity index (χ4n) is 2.09. The van der Waals surface area contributed by atoms with E-state index in [2.05, 4.69) is 24.3 Å². The highest BCUT2D eigenvalue weighted by Crippen LogP contribution is 2.19. The van der Waals surface area contributed by atoms with Crippen molar-refractivity contribution < 1.29 is 19.4 Å². The normalized spacial score (nSPS) is 11.4. The topological polar surface area (TPSA) is 93.5 Å². The number of nitrogens with one attached hydrogen (secondary N) is 1. The van der Waals surface area contributed by atoms with Crippen molar-refractivity contribution in [3.63, 3.8) is 0 Å². The molecule has 1 aromatic heterocycles. The minimum absolute atomic E-state index is 0.144. The first-order valence-corrected chi connectivity index (χ1v) is 8.01. The molecule has 1 amide bonds. The molecule has 0 aliphatic heterocycles. The van der Waals surface area contributed by atoms with E-state index in [-0.39, 0.29) is 12.5 Å². The molecule has 0 radical (unpaired) electrons. The molecule has 0 saturated heterocycles. The third-order valence-corrected chi connectivity index (χ3v) is 3.88. The molecule has 0 atom stereocenters. The molecule has 0 spiro atoms. The van der Waals surface area contributed by atoms with Crippen molar-refractivity contribution in [3.05, 3.63) is 42.2 Å². The summed E-state index contributed by atoms with van der Waals surface area (Å²) < 4.78 is 6.74. The number of carboxylic acids is 1. The Morgan fingerprint density at radius 3 is 2.48 bits per heavy atom. The van der Waals surface area contributed by atoms with Crippen LogP contribution in [-0.4, -0.2) is 33.4 Å². The molecule has 0 saturated carbocycles. The fraction of sp³-hybridized carbons (Fsp3) is 0.389. The first-order chi connectivity index (χ1) is 11.7. The van der Waals surface area contributed by atoms with Gasteiger partial charge in [-0.3, -0.25) is 9.48 Å². The molecule has 0 fully saturated rings. The van der Waals surface area contributed by atoms with Crippen LogP contribution in [0.2, 0.25) is 0 Å². The van der Waals surface area contributed by atoms with Gasteiger partial charge in [-0.25, -0.2) is 4.79 Å². The van der Waals surface area contributed by atoms with E-state index in [0.717, 1.165) is 0 Å². The van der Waals surface area contributed by atoms with Gasteiger partial charge in [-0.1, -0.05) is 26.0 Å². The lowest BCUT2D eigenvalue weighted by molar-refractivity contribution is -0.146. The molecule has 0 aliphatic rings. The van der Waals surface area contributed by atoms with Crippen molar-refractivity contribution in [1.82, 2.24) is 9.78 Å². The van der Waals surface area contributed by atoms with Gasteiger partial charge in [0.1, 0.15) is 5.75 Å². The van der Waals surface area contributed by atoms with Crippen LogP contribution in [0, 0.1) is 0 Å². The first kappa shape index (κ1) is 18.5. The zero-order valence-corrected chi connectivity index (χ0v) is 14.8. The maximum absolute atomic E-state index is 12.0. The van der Waals surface area contributed by atoms with Crippen molar-refractivity contribution in [2.45, 2.75) is 39.2 Å². The number of amides is 1. The third-order valence-electron chi connectivity index (χ3n) is 3.88. The molecular formula is C18H23N3O4. The molecular weight excluding hydrogens is 322 g/mol. The second kappa shape index (κ2) is 7.38. The van der Waals surface area contributed by atoms with Gasteiger partial charge in [0.05, 0.1) is 11.9 Å².